The quantitative estimate of drug-likeness (QED) is 0.820. The molecular weight excluding hydrogens is 290 g/mol. The molecule has 126 valence electrons. The molecule has 0 spiro atoms. The fraction of sp³-hybridized carbons (Fsp3) is 0.706. The van der Waals surface area contributed by atoms with Crippen molar-refractivity contribution in [3.8, 4) is 0 Å². The normalized spacial score (nSPS) is 23.0. The van der Waals surface area contributed by atoms with Crippen LogP contribution in [-0.2, 0) is 4.74 Å². The molecular formula is C17H27N5O. The highest BCUT2D eigenvalue weighted by atomic mass is 16.5. The average molecular weight is 317 g/mol. The lowest BCUT2D eigenvalue weighted by Gasteiger charge is -2.58. The van der Waals surface area contributed by atoms with Gasteiger partial charge in [-0.15, -0.1) is 0 Å². The van der Waals surface area contributed by atoms with Crippen LogP contribution < -0.4 is 4.90 Å². The van der Waals surface area contributed by atoms with E-state index in [4.69, 9.17) is 4.74 Å². The van der Waals surface area contributed by atoms with E-state index < -0.39 is 0 Å². The molecule has 1 aliphatic carbocycles. The first-order chi connectivity index (χ1) is 11.1. The Morgan fingerprint density at radius 3 is 2.74 bits per heavy atom. The van der Waals surface area contributed by atoms with Crippen molar-refractivity contribution in [1.29, 1.82) is 0 Å². The summed E-state index contributed by atoms with van der Waals surface area (Å²) in [5.41, 5.74) is 1.17. The largest absolute Gasteiger partial charge is 0.378 e. The monoisotopic (exact) mass is 317 g/mol. The maximum Gasteiger partial charge on any atom is 0.254 e. The van der Waals surface area contributed by atoms with Gasteiger partial charge in [-0.3, -0.25) is 0 Å². The maximum absolute atomic E-state index is 6.01. The van der Waals surface area contributed by atoms with E-state index in [1.165, 1.54) is 0 Å². The van der Waals surface area contributed by atoms with Crippen LogP contribution in [0.4, 0.5) is 5.82 Å². The van der Waals surface area contributed by atoms with Gasteiger partial charge in [0, 0.05) is 36.9 Å². The van der Waals surface area contributed by atoms with Crippen molar-refractivity contribution in [2.45, 2.75) is 59.1 Å². The van der Waals surface area contributed by atoms with Crippen LogP contribution in [0.5, 0.6) is 0 Å². The molecule has 0 N–H and O–H groups in total. The number of rotatable bonds is 6. The number of nitrogens with zero attached hydrogens (tertiary/aromatic N) is 5. The highest BCUT2D eigenvalue weighted by Gasteiger charge is 2.55. The molecule has 2 heterocycles. The molecule has 0 aliphatic heterocycles. The van der Waals surface area contributed by atoms with Gasteiger partial charge >= 0.3 is 0 Å². The second kappa shape index (κ2) is 6.07. The van der Waals surface area contributed by atoms with E-state index in [1.807, 2.05) is 11.4 Å². The van der Waals surface area contributed by atoms with E-state index in [1.54, 1.807) is 6.33 Å². The van der Waals surface area contributed by atoms with E-state index in [9.17, 15) is 0 Å². The first kappa shape index (κ1) is 16.2. The summed E-state index contributed by atoms with van der Waals surface area (Å²) < 4.78 is 7.84. The van der Waals surface area contributed by atoms with E-state index in [2.05, 4.69) is 53.9 Å². The van der Waals surface area contributed by atoms with Crippen LogP contribution in [0.1, 0.15) is 45.7 Å². The van der Waals surface area contributed by atoms with E-state index in [0.717, 1.165) is 37.4 Å². The summed E-state index contributed by atoms with van der Waals surface area (Å²) in [6.45, 7) is 9.42. The Balaban J connectivity index is 1.96. The number of aryl methyl sites for hydroxylation is 1. The lowest BCUT2D eigenvalue weighted by Crippen LogP contribution is -2.64. The second-order valence-electron chi connectivity index (χ2n) is 6.47. The van der Waals surface area contributed by atoms with Gasteiger partial charge in [-0.25, -0.2) is 4.98 Å². The fourth-order valence-electron chi connectivity index (χ4n) is 4.20. The molecule has 0 saturated heterocycles. The smallest absolute Gasteiger partial charge is 0.254 e. The van der Waals surface area contributed by atoms with Crippen LogP contribution >= 0.6 is 0 Å². The van der Waals surface area contributed by atoms with Crippen LogP contribution in [0.15, 0.2) is 12.4 Å². The van der Waals surface area contributed by atoms with Gasteiger partial charge in [-0.1, -0.05) is 13.8 Å². The molecule has 6 heteroatoms. The number of fused-ring (bicyclic) bond motifs is 1. The van der Waals surface area contributed by atoms with Crippen molar-refractivity contribution in [3.63, 3.8) is 0 Å². The van der Waals surface area contributed by atoms with Crippen molar-refractivity contribution >= 4 is 11.6 Å². The molecule has 0 unspecified atom stereocenters. The van der Waals surface area contributed by atoms with Crippen LogP contribution in [-0.4, -0.2) is 45.4 Å². The number of hydrogen-bond donors (Lipinski definition) is 0. The summed E-state index contributed by atoms with van der Waals surface area (Å²) in [6.07, 6.45) is 5.21. The minimum Gasteiger partial charge on any atom is -0.378 e. The zero-order chi connectivity index (χ0) is 16.6. The third kappa shape index (κ3) is 2.40. The molecule has 0 radical (unpaired) electrons. The van der Waals surface area contributed by atoms with Gasteiger partial charge in [0.15, 0.2) is 0 Å². The summed E-state index contributed by atoms with van der Waals surface area (Å²) in [4.78, 5) is 11.0. The average Bonchev–Trinajstić information content (AvgIpc) is 2.99. The number of hydrogen-bond acceptors (Lipinski definition) is 5. The number of anilines is 1. The van der Waals surface area contributed by atoms with E-state index in [-0.39, 0.29) is 5.41 Å². The zero-order valence-electron chi connectivity index (χ0n) is 14.8. The summed E-state index contributed by atoms with van der Waals surface area (Å²) in [5, 5.41) is 4.35. The van der Waals surface area contributed by atoms with Crippen molar-refractivity contribution in [3.05, 3.63) is 18.1 Å². The highest BCUT2D eigenvalue weighted by molar-refractivity contribution is 5.48. The van der Waals surface area contributed by atoms with Gasteiger partial charge in [0.2, 0.25) is 0 Å². The Bertz CT molecular complexity index is 679. The fourth-order valence-corrected chi connectivity index (χ4v) is 4.20. The maximum atomic E-state index is 6.01. The number of aromatic nitrogens is 4. The molecule has 23 heavy (non-hydrogen) atoms. The minimum absolute atomic E-state index is 0.203. The molecule has 6 nitrogen and oxygen atoms in total. The van der Waals surface area contributed by atoms with Gasteiger partial charge in [0.1, 0.15) is 12.1 Å². The first-order valence-electron chi connectivity index (χ1n) is 8.59. The van der Waals surface area contributed by atoms with Crippen molar-refractivity contribution in [1.82, 2.24) is 19.6 Å². The molecule has 0 amide bonds. The predicted octanol–water partition coefficient (Wildman–Crippen LogP) is 2.85. The summed E-state index contributed by atoms with van der Waals surface area (Å²) in [6, 6.07) is 2.54. The summed E-state index contributed by atoms with van der Waals surface area (Å²) in [7, 11) is 2.16. The molecule has 2 aromatic rings. The van der Waals surface area contributed by atoms with Crippen LogP contribution in [0.2, 0.25) is 0 Å². The van der Waals surface area contributed by atoms with E-state index in [0.29, 0.717) is 17.9 Å². The minimum atomic E-state index is 0.203. The lowest BCUT2D eigenvalue weighted by atomic mass is 9.58. The molecule has 2 atom stereocenters. The molecule has 1 aliphatic rings. The summed E-state index contributed by atoms with van der Waals surface area (Å²) >= 11 is 0. The second-order valence-corrected chi connectivity index (χ2v) is 6.47. The van der Waals surface area contributed by atoms with Crippen molar-refractivity contribution in [2.24, 2.45) is 5.41 Å². The third-order valence-corrected chi connectivity index (χ3v) is 5.62. The Morgan fingerprint density at radius 2 is 2.09 bits per heavy atom. The standard InChI is InChI=1S/C17H27N5O/c1-6-17(7-2)13(10-14(17)23-8-3)21(5)15-9-12(4)20-16-18-11-19-22(15)16/h9,11,13-14H,6-8,10H2,1-5H3/t13-,14-/m0/s1. The van der Waals surface area contributed by atoms with E-state index >= 15 is 0 Å². The van der Waals surface area contributed by atoms with Gasteiger partial charge in [-0.05, 0) is 33.1 Å². The highest BCUT2D eigenvalue weighted by Crippen LogP contribution is 2.51. The van der Waals surface area contributed by atoms with Gasteiger partial charge in [-0.2, -0.15) is 14.6 Å². The van der Waals surface area contributed by atoms with Crippen LogP contribution in [0.3, 0.4) is 0 Å². The first-order valence-corrected chi connectivity index (χ1v) is 8.59. The lowest BCUT2D eigenvalue weighted by molar-refractivity contribution is -0.128. The van der Waals surface area contributed by atoms with Crippen LogP contribution in [0, 0.1) is 12.3 Å². The molecule has 0 aromatic carbocycles. The Hall–Kier alpha value is -1.69. The summed E-state index contributed by atoms with van der Waals surface area (Å²) in [5.74, 6) is 1.71. The van der Waals surface area contributed by atoms with Gasteiger partial charge < -0.3 is 9.64 Å². The Labute approximate surface area is 137 Å². The predicted molar refractivity (Wildman–Crippen MR) is 90.8 cm³/mol. The third-order valence-electron chi connectivity index (χ3n) is 5.62. The Kier molecular flexibility index (Phi) is 4.27. The molecule has 3 rings (SSSR count). The Morgan fingerprint density at radius 1 is 1.35 bits per heavy atom. The zero-order valence-corrected chi connectivity index (χ0v) is 14.8. The van der Waals surface area contributed by atoms with Crippen LogP contribution in [0.25, 0.3) is 5.78 Å². The molecule has 0 bridgehead atoms. The van der Waals surface area contributed by atoms with Gasteiger partial charge in [0.25, 0.3) is 5.78 Å². The SMILES string of the molecule is CCO[C@H]1C[C@H](N(C)c2cc(C)nc3ncnn23)C1(CC)CC. The molecule has 1 fully saturated rings. The molecule has 2 aromatic heterocycles. The molecule has 1 saturated carbocycles. The van der Waals surface area contributed by atoms with Crippen molar-refractivity contribution in [2.75, 3.05) is 18.6 Å². The topological polar surface area (TPSA) is 55.5 Å². The van der Waals surface area contributed by atoms with Gasteiger partial charge in [0.05, 0.1) is 6.10 Å². The number of ether oxygens (including phenoxy) is 1. The van der Waals surface area contributed by atoms with Crippen molar-refractivity contribution < 1.29 is 4.74 Å².